The van der Waals surface area contributed by atoms with Gasteiger partial charge in [0.15, 0.2) is 0 Å². The van der Waals surface area contributed by atoms with E-state index < -0.39 is 0 Å². The van der Waals surface area contributed by atoms with Crippen molar-refractivity contribution >= 4 is 0 Å². The monoisotopic (exact) mass is 320 g/mol. The first-order chi connectivity index (χ1) is 11.2. The SMILES string of the molecule is CC(C)(C)c1cc(OCC#Cc2ccccc2)cc(C(C)(C)C)c1. The topological polar surface area (TPSA) is 9.23 Å². The van der Waals surface area contributed by atoms with E-state index in [1.165, 1.54) is 11.1 Å². The third kappa shape index (κ3) is 5.17. The van der Waals surface area contributed by atoms with E-state index in [-0.39, 0.29) is 10.8 Å². The van der Waals surface area contributed by atoms with Gasteiger partial charge in [0.1, 0.15) is 12.4 Å². The van der Waals surface area contributed by atoms with Crippen molar-refractivity contribution < 1.29 is 4.74 Å². The minimum Gasteiger partial charge on any atom is -0.481 e. The van der Waals surface area contributed by atoms with Crippen molar-refractivity contribution in [2.24, 2.45) is 0 Å². The van der Waals surface area contributed by atoms with Crippen LogP contribution in [0, 0.1) is 11.8 Å². The highest BCUT2D eigenvalue weighted by atomic mass is 16.5. The van der Waals surface area contributed by atoms with Crippen molar-refractivity contribution in [3.8, 4) is 17.6 Å². The average molecular weight is 320 g/mol. The number of benzene rings is 2. The van der Waals surface area contributed by atoms with Gasteiger partial charge in [-0.25, -0.2) is 0 Å². The molecule has 0 aromatic heterocycles. The molecule has 24 heavy (non-hydrogen) atoms. The molecule has 0 aliphatic carbocycles. The van der Waals surface area contributed by atoms with Crippen molar-refractivity contribution in [3.05, 3.63) is 65.2 Å². The molecule has 0 saturated carbocycles. The molecule has 0 bridgehead atoms. The Balaban J connectivity index is 2.19. The van der Waals surface area contributed by atoms with Crippen LogP contribution in [0.4, 0.5) is 0 Å². The van der Waals surface area contributed by atoms with Crippen LogP contribution in [0.5, 0.6) is 5.75 Å². The molecule has 0 saturated heterocycles. The lowest BCUT2D eigenvalue weighted by molar-refractivity contribution is 0.367. The molecule has 2 rings (SSSR count). The minimum atomic E-state index is 0.0923. The van der Waals surface area contributed by atoms with Gasteiger partial charge in [0.05, 0.1) is 0 Å². The van der Waals surface area contributed by atoms with Crippen LogP contribution in [0.2, 0.25) is 0 Å². The lowest BCUT2D eigenvalue weighted by Gasteiger charge is -2.26. The Morgan fingerprint density at radius 1 is 0.792 bits per heavy atom. The summed E-state index contributed by atoms with van der Waals surface area (Å²) in [6.07, 6.45) is 0. The van der Waals surface area contributed by atoms with E-state index in [1.807, 2.05) is 30.3 Å². The normalized spacial score (nSPS) is 11.6. The second-order valence-electron chi connectivity index (χ2n) is 8.20. The third-order valence-electron chi connectivity index (χ3n) is 3.96. The Morgan fingerprint density at radius 3 is 1.83 bits per heavy atom. The van der Waals surface area contributed by atoms with E-state index in [1.54, 1.807) is 0 Å². The molecule has 0 fully saturated rings. The van der Waals surface area contributed by atoms with Gasteiger partial charge in [-0.1, -0.05) is 77.6 Å². The van der Waals surface area contributed by atoms with E-state index in [0.29, 0.717) is 6.61 Å². The van der Waals surface area contributed by atoms with Crippen molar-refractivity contribution in [2.75, 3.05) is 6.61 Å². The minimum absolute atomic E-state index is 0.0923. The second-order valence-corrected chi connectivity index (χ2v) is 8.20. The highest BCUT2D eigenvalue weighted by Gasteiger charge is 2.20. The zero-order valence-electron chi connectivity index (χ0n) is 15.7. The third-order valence-corrected chi connectivity index (χ3v) is 3.96. The van der Waals surface area contributed by atoms with E-state index >= 15 is 0 Å². The van der Waals surface area contributed by atoms with E-state index in [0.717, 1.165) is 11.3 Å². The van der Waals surface area contributed by atoms with Gasteiger partial charge in [0.2, 0.25) is 0 Å². The molecular formula is C23H28O. The number of ether oxygens (including phenoxy) is 1. The summed E-state index contributed by atoms with van der Waals surface area (Å²) >= 11 is 0. The Morgan fingerprint density at radius 2 is 1.33 bits per heavy atom. The lowest BCUT2D eigenvalue weighted by atomic mass is 9.80. The largest absolute Gasteiger partial charge is 0.481 e. The zero-order chi connectivity index (χ0) is 17.8. The van der Waals surface area contributed by atoms with Crippen molar-refractivity contribution in [2.45, 2.75) is 52.4 Å². The maximum atomic E-state index is 5.93. The summed E-state index contributed by atoms with van der Waals surface area (Å²) in [7, 11) is 0. The molecule has 0 radical (unpaired) electrons. The highest BCUT2D eigenvalue weighted by molar-refractivity contribution is 5.41. The Hall–Kier alpha value is -2.20. The lowest BCUT2D eigenvalue weighted by Crippen LogP contribution is -2.16. The van der Waals surface area contributed by atoms with E-state index in [4.69, 9.17) is 4.74 Å². The molecule has 0 atom stereocenters. The molecule has 0 spiro atoms. The van der Waals surface area contributed by atoms with Crippen molar-refractivity contribution in [1.29, 1.82) is 0 Å². The van der Waals surface area contributed by atoms with Crippen LogP contribution in [-0.2, 0) is 10.8 Å². The van der Waals surface area contributed by atoms with Gasteiger partial charge < -0.3 is 4.74 Å². The summed E-state index contributed by atoms with van der Waals surface area (Å²) in [5, 5.41) is 0. The van der Waals surface area contributed by atoms with Crippen LogP contribution >= 0.6 is 0 Å². The molecule has 2 aromatic rings. The van der Waals surface area contributed by atoms with Crippen molar-refractivity contribution in [3.63, 3.8) is 0 Å². The molecule has 2 aromatic carbocycles. The maximum absolute atomic E-state index is 5.93. The quantitative estimate of drug-likeness (QED) is 0.644. The number of hydrogen-bond donors (Lipinski definition) is 0. The standard InChI is InChI=1S/C23H28O/c1-22(2,3)19-15-20(23(4,5)6)17-21(16-19)24-14-10-13-18-11-8-7-9-12-18/h7-9,11-12,15-17H,14H2,1-6H3. The van der Waals surface area contributed by atoms with Gasteiger partial charge in [-0.05, 0) is 46.2 Å². The first-order valence-corrected chi connectivity index (χ1v) is 8.49. The molecular weight excluding hydrogens is 292 g/mol. The second kappa shape index (κ2) is 7.14. The highest BCUT2D eigenvalue weighted by Crippen LogP contribution is 2.32. The Bertz CT molecular complexity index is 699. The zero-order valence-corrected chi connectivity index (χ0v) is 15.7. The van der Waals surface area contributed by atoms with Crippen LogP contribution < -0.4 is 4.74 Å². The summed E-state index contributed by atoms with van der Waals surface area (Å²) < 4.78 is 5.93. The van der Waals surface area contributed by atoms with Crippen LogP contribution in [-0.4, -0.2) is 6.61 Å². The maximum Gasteiger partial charge on any atom is 0.149 e. The summed E-state index contributed by atoms with van der Waals surface area (Å²) in [4.78, 5) is 0. The molecule has 1 nitrogen and oxygen atoms in total. The van der Waals surface area contributed by atoms with E-state index in [9.17, 15) is 0 Å². The molecule has 0 amide bonds. The van der Waals surface area contributed by atoms with Crippen LogP contribution in [0.1, 0.15) is 58.2 Å². The van der Waals surface area contributed by atoms with Crippen molar-refractivity contribution in [1.82, 2.24) is 0 Å². The summed E-state index contributed by atoms with van der Waals surface area (Å²) in [6, 6.07) is 16.6. The molecule has 126 valence electrons. The molecule has 0 aliphatic rings. The van der Waals surface area contributed by atoms with Gasteiger partial charge in [0, 0.05) is 5.56 Å². The predicted octanol–water partition coefficient (Wildman–Crippen LogP) is 5.71. The fraction of sp³-hybridized carbons (Fsp3) is 0.391. The molecule has 0 unspecified atom stereocenters. The van der Waals surface area contributed by atoms with Gasteiger partial charge in [0.25, 0.3) is 0 Å². The predicted molar refractivity (Wildman–Crippen MR) is 103 cm³/mol. The smallest absolute Gasteiger partial charge is 0.149 e. The fourth-order valence-electron chi connectivity index (χ4n) is 2.33. The van der Waals surface area contributed by atoms with E-state index in [2.05, 4.69) is 71.6 Å². The van der Waals surface area contributed by atoms with Crippen LogP contribution in [0.15, 0.2) is 48.5 Å². The number of rotatable bonds is 2. The fourth-order valence-corrected chi connectivity index (χ4v) is 2.33. The summed E-state index contributed by atoms with van der Waals surface area (Å²) in [5.74, 6) is 7.12. The molecule has 1 heteroatoms. The van der Waals surface area contributed by atoms with Gasteiger partial charge >= 0.3 is 0 Å². The molecule has 0 N–H and O–H groups in total. The first-order valence-electron chi connectivity index (χ1n) is 8.49. The molecule has 0 aliphatic heterocycles. The Kier molecular flexibility index (Phi) is 5.40. The van der Waals surface area contributed by atoms with Gasteiger partial charge in [-0.15, -0.1) is 0 Å². The summed E-state index contributed by atoms with van der Waals surface area (Å²) in [6.45, 7) is 13.8. The van der Waals surface area contributed by atoms with Gasteiger partial charge in [-0.3, -0.25) is 0 Å². The summed E-state index contributed by atoms with van der Waals surface area (Å²) in [5.41, 5.74) is 3.78. The molecule has 0 heterocycles. The van der Waals surface area contributed by atoms with Crippen LogP contribution in [0.25, 0.3) is 0 Å². The Labute approximate surface area is 147 Å². The number of hydrogen-bond acceptors (Lipinski definition) is 1. The van der Waals surface area contributed by atoms with Crippen LogP contribution in [0.3, 0.4) is 0 Å². The average Bonchev–Trinajstić information content (AvgIpc) is 2.51. The van der Waals surface area contributed by atoms with Gasteiger partial charge in [-0.2, -0.15) is 0 Å². The first kappa shape index (κ1) is 18.1.